The topological polar surface area (TPSA) is 66.5 Å². The van der Waals surface area contributed by atoms with E-state index in [9.17, 15) is 13.2 Å². The molecule has 5 nitrogen and oxygen atoms in total. The Kier molecular flexibility index (Phi) is 4.49. The molecule has 3 rings (SSSR count). The zero-order valence-electron chi connectivity index (χ0n) is 12.6. The van der Waals surface area contributed by atoms with E-state index in [1.54, 1.807) is 30.3 Å². The van der Waals surface area contributed by atoms with E-state index in [-0.39, 0.29) is 11.8 Å². The number of hydrogen-bond donors (Lipinski definition) is 1. The summed E-state index contributed by atoms with van der Waals surface area (Å²) in [5, 5.41) is 2.99. The Morgan fingerprint density at radius 3 is 2.32 bits per heavy atom. The molecule has 1 aromatic rings. The van der Waals surface area contributed by atoms with Gasteiger partial charge in [0.2, 0.25) is 15.9 Å². The van der Waals surface area contributed by atoms with Crippen LogP contribution in [0.2, 0.25) is 0 Å². The van der Waals surface area contributed by atoms with Crippen LogP contribution in [0.25, 0.3) is 0 Å². The molecule has 1 saturated heterocycles. The van der Waals surface area contributed by atoms with Crippen LogP contribution < -0.4 is 5.32 Å². The quantitative estimate of drug-likeness (QED) is 0.896. The summed E-state index contributed by atoms with van der Waals surface area (Å²) in [6.07, 6.45) is 3.63. The van der Waals surface area contributed by atoms with E-state index in [2.05, 4.69) is 5.32 Å². The summed E-state index contributed by atoms with van der Waals surface area (Å²) in [5.41, 5.74) is 0. The lowest BCUT2D eigenvalue weighted by Gasteiger charge is -2.30. The summed E-state index contributed by atoms with van der Waals surface area (Å²) in [6.45, 7) is 1.61. The Hall–Kier alpha value is -1.40. The second-order valence-electron chi connectivity index (χ2n) is 6.18. The van der Waals surface area contributed by atoms with Crippen molar-refractivity contribution in [1.82, 2.24) is 9.62 Å². The van der Waals surface area contributed by atoms with Crippen molar-refractivity contribution in [3.8, 4) is 0 Å². The van der Waals surface area contributed by atoms with Gasteiger partial charge in [0.05, 0.1) is 4.90 Å². The van der Waals surface area contributed by atoms with Crippen molar-refractivity contribution in [2.75, 3.05) is 19.6 Å². The first-order valence-corrected chi connectivity index (χ1v) is 9.34. The van der Waals surface area contributed by atoms with Gasteiger partial charge in [0.15, 0.2) is 0 Å². The van der Waals surface area contributed by atoms with Gasteiger partial charge in [0, 0.05) is 25.6 Å². The second-order valence-corrected chi connectivity index (χ2v) is 8.12. The van der Waals surface area contributed by atoms with Crippen LogP contribution in [0.5, 0.6) is 0 Å². The summed E-state index contributed by atoms with van der Waals surface area (Å²) in [5.74, 6) is 0.701. The van der Waals surface area contributed by atoms with Gasteiger partial charge in [-0.2, -0.15) is 4.31 Å². The van der Waals surface area contributed by atoms with Gasteiger partial charge in [0.25, 0.3) is 0 Å². The van der Waals surface area contributed by atoms with Gasteiger partial charge >= 0.3 is 0 Å². The van der Waals surface area contributed by atoms with Crippen molar-refractivity contribution in [2.45, 2.75) is 30.6 Å². The number of sulfonamides is 1. The van der Waals surface area contributed by atoms with E-state index in [1.807, 2.05) is 0 Å². The fraction of sp³-hybridized carbons (Fsp3) is 0.562. The zero-order valence-corrected chi connectivity index (χ0v) is 13.4. The molecule has 2 fully saturated rings. The predicted octanol–water partition coefficient (Wildman–Crippen LogP) is 1.61. The Bertz CT molecular complexity index is 618. The molecule has 6 heteroatoms. The molecule has 1 aliphatic carbocycles. The Labute approximate surface area is 131 Å². The number of piperidine rings is 1. The summed E-state index contributed by atoms with van der Waals surface area (Å²) in [7, 11) is -3.43. The van der Waals surface area contributed by atoms with Crippen LogP contribution in [-0.4, -0.2) is 38.3 Å². The van der Waals surface area contributed by atoms with Crippen molar-refractivity contribution in [1.29, 1.82) is 0 Å². The van der Waals surface area contributed by atoms with Crippen molar-refractivity contribution in [3.05, 3.63) is 30.3 Å². The number of rotatable bonds is 5. The molecular formula is C16H22N2O3S. The van der Waals surface area contributed by atoms with Gasteiger partial charge in [-0.1, -0.05) is 18.2 Å². The number of hydrogen-bond acceptors (Lipinski definition) is 3. The molecular weight excluding hydrogens is 300 g/mol. The SMILES string of the molecule is O=C(NCC1CC1)C1CCN(S(=O)(=O)c2ccccc2)CC1. The van der Waals surface area contributed by atoms with Gasteiger partial charge in [0.1, 0.15) is 0 Å². The maximum absolute atomic E-state index is 12.5. The normalized spacial score (nSPS) is 20.7. The highest BCUT2D eigenvalue weighted by Gasteiger charge is 2.32. The highest BCUT2D eigenvalue weighted by atomic mass is 32.2. The fourth-order valence-corrected chi connectivity index (χ4v) is 4.30. The van der Waals surface area contributed by atoms with Crippen LogP contribution in [0.1, 0.15) is 25.7 Å². The maximum Gasteiger partial charge on any atom is 0.243 e. The average molecular weight is 322 g/mol. The number of carbonyl (C=O) groups is 1. The molecule has 0 unspecified atom stereocenters. The minimum atomic E-state index is -3.43. The first-order valence-electron chi connectivity index (χ1n) is 7.90. The van der Waals surface area contributed by atoms with E-state index in [0.717, 1.165) is 6.54 Å². The molecule has 1 heterocycles. The molecule has 22 heavy (non-hydrogen) atoms. The van der Waals surface area contributed by atoms with Gasteiger partial charge < -0.3 is 5.32 Å². The summed E-state index contributed by atoms with van der Waals surface area (Å²) in [4.78, 5) is 12.4. The van der Waals surface area contributed by atoms with Crippen LogP contribution in [0.3, 0.4) is 0 Å². The average Bonchev–Trinajstić information content (AvgIpc) is 3.38. The standard InChI is InChI=1S/C16H22N2O3S/c19-16(17-12-13-6-7-13)14-8-10-18(11-9-14)22(20,21)15-4-2-1-3-5-15/h1-5,13-14H,6-12H2,(H,17,19). The van der Waals surface area contributed by atoms with Crippen LogP contribution in [-0.2, 0) is 14.8 Å². The van der Waals surface area contributed by atoms with Crippen molar-refractivity contribution in [2.24, 2.45) is 11.8 Å². The third-order valence-electron chi connectivity index (χ3n) is 4.47. The van der Waals surface area contributed by atoms with Crippen LogP contribution in [0.4, 0.5) is 0 Å². The number of nitrogens with one attached hydrogen (secondary N) is 1. The van der Waals surface area contributed by atoms with E-state index < -0.39 is 10.0 Å². The van der Waals surface area contributed by atoms with Gasteiger partial charge in [-0.3, -0.25) is 4.79 Å². The van der Waals surface area contributed by atoms with Crippen molar-refractivity contribution in [3.63, 3.8) is 0 Å². The first-order chi connectivity index (χ1) is 10.6. The van der Waals surface area contributed by atoms with E-state index in [0.29, 0.717) is 36.7 Å². The lowest BCUT2D eigenvalue weighted by Crippen LogP contribution is -2.43. The Balaban J connectivity index is 1.55. The summed E-state index contributed by atoms with van der Waals surface area (Å²) in [6, 6.07) is 8.49. The number of benzene rings is 1. The molecule has 1 saturated carbocycles. The smallest absolute Gasteiger partial charge is 0.243 e. The molecule has 1 N–H and O–H groups in total. The number of amides is 1. The predicted molar refractivity (Wildman–Crippen MR) is 83.7 cm³/mol. The molecule has 0 radical (unpaired) electrons. The second kappa shape index (κ2) is 6.38. The first kappa shape index (κ1) is 15.5. The molecule has 0 spiro atoms. The van der Waals surface area contributed by atoms with E-state index in [1.165, 1.54) is 17.1 Å². The maximum atomic E-state index is 12.5. The summed E-state index contributed by atoms with van der Waals surface area (Å²) >= 11 is 0. The molecule has 0 atom stereocenters. The third kappa shape index (κ3) is 3.50. The van der Waals surface area contributed by atoms with Gasteiger partial charge in [-0.15, -0.1) is 0 Å². The van der Waals surface area contributed by atoms with Crippen LogP contribution in [0, 0.1) is 11.8 Å². The Morgan fingerprint density at radius 1 is 1.09 bits per heavy atom. The zero-order chi connectivity index (χ0) is 15.6. The highest BCUT2D eigenvalue weighted by Crippen LogP contribution is 2.28. The Morgan fingerprint density at radius 2 is 1.73 bits per heavy atom. The molecule has 1 aromatic carbocycles. The van der Waals surface area contributed by atoms with Gasteiger partial charge in [-0.05, 0) is 43.7 Å². The molecule has 2 aliphatic rings. The molecule has 0 aromatic heterocycles. The monoisotopic (exact) mass is 322 g/mol. The van der Waals surface area contributed by atoms with Crippen LogP contribution in [0.15, 0.2) is 35.2 Å². The fourth-order valence-electron chi connectivity index (χ4n) is 2.81. The summed E-state index contributed by atoms with van der Waals surface area (Å²) < 4.78 is 26.5. The highest BCUT2D eigenvalue weighted by molar-refractivity contribution is 7.89. The lowest BCUT2D eigenvalue weighted by molar-refractivity contribution is -0.126. The van der Waals surface area contributed by atoms with E-state index in [4.69, 9.17) is 0 Å². The lowest BCUT2D eigenvalue weighted by atomic mass is 9.97. The van der Waals surface area contributed by atoms with Crippen molar-refractivity contribution >= 4 is 15.9 Å². The number of nitrogens with zero attached hydrogens (tertiary/aromatic N) is 1. The third-order valence-corrected chi connectivity index (χ3v) is 6.38. The van der Waals surface area contributed by atoms with Crippen LogP contribution >= 0.6 is 0 Å². The molecule has 120 valence electrons. The van der Waals surface area contributed by atoms with E-state index >= 15 is 0 Å². The van der Waals surface area contributed by atoms with Crippen molar-refractivity contribution < 1.29 is 13.2 Å². The minimum Gasteiger partial charge on any atom is -0.356 e. The molecule has 1 amide bonds. The minimum absolute atomic E-state index is 0.0547. The molecule has 1 aliphatic heterocycles. The number of carbonyl (C=O) groups excluding carboxylic acids is 1. The largest absolute Gasteiger partial charge is 0.356 e. The van der Waals surface area contributed by atoms with Gasteiger partial charge in [-0.25, -0.2) is 8.42 Å². The molecule has 0 bridgehead atoms.